The summed E-state index contributed by atoms with van der Waals surface area (Å²) in [7, 11) is 1.23. The molecule has 88 valence electrons. The van der Waals surface area contributed by atoms with Gasteiger partial charge in [-0.15, -0.1) is 12.4 Å². The third kappa shape index (κ3) is 3.18. The molecular formula is C9H11ClN2O4. The second kappa shape index (κ2) is 6.04. The summed E-state index contributed by atoms with van der Waals surface area (Å²) in [5, 5.41) is 10.4. The van der Waals surface area contributed by atoms with Crippen LogP contribution in [0.25, 0.3) is 0 Å². The summed E-state index contributed by atoms with van der Waals surface area (Å²) >= 11 is 0. The lowest BCUT2D eigenvalue weighted by atomic mass is 10.1. The van der Waals surface area contributed by atoms with Gasteiger partial charge in [-0.25, -0.2) is 0 Å². The van der Waals surface area contributed by atoms with Crippen molar-refractivity contribution in [1.82, 2.24) is 0 Å². The molecule has 0 saturated carbocycles. The summed E-state index contributed by atoms with van der Waals surface area (Å²) in [5.41, 5.74) is 5.96. The van der Waals surface area contributed by atoms with Crippen molar-refractivity contribution < 1.29 is 14.5 Å². The number of rotatable bonds is 3. The highest BCUT2D eigenvalue weighted by Crippen LogP contribution is 2.16. The maximum atomic E-state index is 11.0. The standard InChI is InChI=1S/C9H10N2O4.ClH/c1-15-9(12)8(10)6-2-4-7(5-3-6)11(13)14;/h2-5,8H,10H2,1H3;1H/t8-;/m0./s1. The first-order valence-electron chi connectivity index (χ1n) is 4.14. The van der Waals surface area contributed by atoms with Crippen molar-refractivity contribution in [1.29, 1.82) is 0 Å². The van der Waals surface area contributed by atoms with Gasteiger partial charge >= 0.3 is 5.97 Å². The van der Waals surface area contributed by atoms with E-state index in [4.69, 9.17) is 5.73 Å². The fourth-order valence-corrected chi connectivity index (χ4v) is 1.07. The maximum absolute atomic E-state index is 11.0. The molecule has 0 radical (unpaired) electrons. The lowest BCUT2D eigenvalue weighted by Gasteiger charge is -2.08. The van der Waals surface area contributed by atoms with Crippen LogP contribution >= 0.6 is 12.4 Å². The lowest BCUT2D eigenvalue weighted by Crippen LogP contribution is -2.22. The van der Waals surface area contributed by atoms with Gasteiger partial charge < -0.3 is 10.5 Å². The normalized spacial score (nSPS) is 11.1. The third-order valence-corrected chi connectivity index (χ3v) is 1.92. The number of esters is 1. The van der Waals surface area contributed by atoms with Gasteiger partial charge in [0.2, 0.25) is 0 Å². The van der Waals surface area contributed by atoms with Crippen molar-refractivity contribution in [3.8, 4) is 0 Å². The first-order chi connectivity index (χ1) is 7.06. The number of nitrogens with two attached hydrogens (primary N) is 1. The average molecular weight is 247 g/mol. The number of halogens is 1. The van der Waals surface area contributed by atoms with Gasteiger partial charge in [-0.1, -0.05) is 12.1 Å². The number of carbonyl (C=O) groups excluding carboxylic acids is 1. The van der Waals surface area contributed by atoms with E-state index < -0.39 is 16.9 Å². The van der Waals surface area contributed by atoms with E-state index in [-0.39, 0.29) is 18.1 Å². The van der Waals surface area contributed by atoms with E-state index in [0.29, 0.717) is 5.56 Å². The van der Waals surface area contributed by atoms with Crippen LogP contribution in [0.5, 0.6) is 0 Å². The molecule has 0 amide bonds. The number of non-ortho nitro benzene ring substituents is 1. The van der Waals surface area contributed by atoms with Gasteiger partial charge in [-0.2, -0.15) is 0 Å². The molecule has 1 rings (SSSR count). The molecule has 1 aromatic rings. The molecule has 0 unspecified atom stereocenters. The van der Waals surface area contributed by atoms with Crippen LogP contribution in [0, 0.1) is 10.1 Å². The van der Waals surface area contributed by atoms with Crippen LogP contribution in [-0.4, -0.2) is 18.0 Å². The Labute approximate surface area is 97.9 Å². The van der Waals surface area contributed by atoms with Gasteiger partial charge in [-0.3, -0.25) is 14.9 Å². The third-order valence-electron chi connectivity index (χ3n) is 1.92. The zero-order chi connectivity index (χ0) is 11.4. The Morgan fingerprint density at radius 1 is 1.44 bits per heavy atom. The molecule has 1 atom stereocenters. The molecule has 1 aromatic carbocycles. The van der Waals surface area contributed by atoms with Crippen molar-refractivity contribution in [2.75, 3.05) is 7.11 Å². The number of nitrogens with zero attached hydrogens (tertiary/aromatic N) is 1. The Morgan fingerprint density at radius 2 is 1.94 bits per heavy atom. The van der Waals surface area contributed by atoms with Crippen molar-refractivity contribution in [3.63, 3.8) is 0 Å². The Bertz CT molecular complexity index is 380. The van der Waals surface area contributed by atoms with E-state index in [1.165, 1.54) is 31.4 Å². The van der Waals surface area contributed by atoms with Gasteiger partial charge in [0.25, 0.3) is 5.69 Å². The molecule has 6 nitrogen and oxygen atoms in total. The molecule has 0 aliphatic carbocycles. The molecule has 0 aromatic heterocycles. The predicted molar refractivity (Wildman–Crippen MR) is 59.3 cm³/mol. The van der Waals surface area contributed by atoms with Gasteiger partial charge in [0.05, 0.1) is 12.0 Å². The average Bonchev–Trinajstić information content (AvgIpc) is 2.27. The fourth-order valence-electron chi connectivity index (χ4n) is 1.07. The van der Waals surface area contributed by atoms with E-state index in [9.17, 15) is 14.9 Å². The molecule has 7 heteroatoms. The Hall–Kier alpha value is -1.66. The van der Waals surface area contributed by atoms with Gasteiger partial charge in [0.1, 0.15) is 6.04 Å². The minimum Gasteiger partial charge on any atom is -0.468 e. The van der Waals surface area contributed by atoms with Gasteiger partial charge in [0, 0.05) is 12.1 Å². The number of methoxy groups -OCH3 is 1. The number of ether oxygens (including phenoxy) is 1. The highest BCUT2D eigenvalue weighted by Gasteiger charge is 2.16. The van der Waals surface area contributed by atoms with Crippen LogP contribution in [0.1, 0.15) is 11.6 Å². The monoisotopic (exact) mass is 246 g/mol. The topological polar surface area (TPSA) is 95.5 Å². The predicted octanol–water partition coefficient (Wildman–Crippen LogP) is 1.19. The van der Waals surface area contributed by atoms with Crippen LogP contribution in [0.2, 0.25) is 0 Å². The van der Waals surface area contributed by atoms with Crippen LogP contribution in [0.3, 0.4) is 0 Å². The summed E-state index contributed by atoms with van der Waals surface area (Å²) in [6.07, 6.45) is 0. The number of hydrogen-bond donors (Lipinski definition) is 1. The zero-order valence-corrected chi connectivity index (χ0v) is 9.27. The van der Waals surface area contributed by atoms with E-state index in [1.807, 2.05) is 0 Å². The minimum atomic E-state index is -0.907. The minimum absolute atomic E-state index is 0. The van der Waals surface area contributed by atoms with Crippen molar-refractivity contribution in [3.05, 3.63) is 39.9 Å². The maximum Gasteiger partial charge on any atom is 0.327 e. The largest absolute Gasteiger partial charge is 0.468 e. The molecule has 16 heavy (non-hydrogen) atoms. The molecule has 0 fully saturated rings. The quantitative estimate of drug-likeness (QED) is 0.491. The highest BCUT2D eigenvalue weighted by atomic mass is 35.5. The number of carbonyl (C=O) groups is 1. The summed E-state index contributed by atoms with van der Waals surface area (Å²) < 4.78 is 4.45. The van der Waals surface area contributed by atoms with E-state index in [0.717, 1.165) is 0 Å². The summed E-state index contributed by atoms with van der Waals surface area (Å²) in [6, 6.07) is 4.53. The lowest BCUT2D eigenvalue weighted by molar-refractivity contribution is -0.384. The Morgan fingerprint density at radius 3 is 2.31 bits per heavy atom. The van der Waals surface area contributed by atoms with E-state index in [1.54, 1.807) is 0 Å². The van der Waals surface area contributed by atoms with Crippen LogP contribution in [0.4, 0.5) is 5.69 Å². The molecule has 0 aliphatic heterocycles. The van der Waals surface area contributed by atoms with Gasteiger partial charge in [0.15, 0.2) is 0 Å². The molecule has 0 bridgehead atoms. The van der Waals surface area contributed by atoms with Crippen molar-refractivity contribution in [2.24, 2.45) is 5.73 Å². The number of benzene rings is 1. The smallest absolute Gasteiger partial charge is 0.327 e. The molecule has 0 spiro atoms. The highest BCUT2D eigenvalue weighted by molar-refractivity contribution is 5.85. The summed E-state index contributed by atoms with van der Waals surface area (Å²) in [6.45, 7) is 0. The SMILES string of the molecule is COC(=O)[C@@H](N)c1ccc([N+](=O)[O-])cc1.Cl. The summed E-state index contributed by atoms with van der Waals surface area (Å²) in [5.74, 6) is -0.580. The molecular weight excluding hydrogens is 236 g/mol. The summed E-state index contributed by atoms with van der Waals surface area (Å²) in [4.78, 5) is 20.9. The molecule has 0 aliphatic rings. The van der Waals surface area contributed by atoms with Crippen LogP contribution in [0.15, 0.2) is 24.3 Å². The number of nitro benzene ring substituents is 1. The van der Waals surface area contributed by atoms with E-state index >= 15 is 0 Å². The number of hydrogen-bond acceptors (Lipinski definition) is 5. The van der Waals surface area contributed by atoms with Crippen LogP contribution in [-0.2, 0) is 9.53 Å². The molecule has 2 N–H and O–H groups in total. The Kier molecular flexibility index (Phi) is 5.41. The Balaban J connectivity index is 0.00000225. The second-order valence-corrected chi connectivity index (χ2v) is 2.85. The molecule has 0 heterocycles. The van der Waals surface area contributed by atoms with E-state index in [2.05, 4.69) is 4.74 Å². The van der Waals surface area contributed by atoms with Crippen LogP contribution < -0.4 is 5.73 Å². The number of nitro groups is 1. The van der Waals surface area contributed by atoms with Crippen molar-refractivity contribution >= 4 is 24.1 Å². The molecule has 0 saturated heterocycles. The first kappa shape index (κ1) is 14.3. The second-order valence-electron chi connectivity index (χ2n) is 2.85. The fraction of sp³-hybridized carbons (Fsp3) is 0.222. The zero-order valence-electron chi connectivity index (χ0n) is 8.45. The van der Waals surface area contributed by atoms with Gasteiger partial charge in [-0.05, 0) is 5.56 Å². The first-order valence-corrected chi connectivity index (χ1v) is 4.14. The van der Waals surface area contributed by atoms with Crippen molar-refractivity contribution in [2.45, 2.75) is 6.04 Å².